The fourth-order valence-electron chi connectivity index (χ4n) is 4.89. The van der Waals surface area contributed by atoms with Crippen molar-refractivity contribution in [1.82, 2.24) is 0 Å². The fourth-order valence-corrected chi connectivity index (χ4v) is 5.56. The van der Waals surface area contributed by atoms with E-state index in [1.54, 1.807) is 0 Å². The van der Waals surface area contributed by atoms with Crippen molar-refractivity contribution in [2.45, 2.75) is 40.0 Å². The van der Waals surface area contributed by atoms with E-state index in [9.17, 15) is 0 Å². The van der Waals surface area contributed by atoms with Crippen LogP contribution in [0.25, 0.3) is 43.4 Å². The van der Waals surface area contributed by atoms with Crippen LogP contribution in [0.15, 0.2) is 65.1 Å². The highest BCUT2D eigenvalue weighted by Crippen LogP contribution is 2.45. The van der Waals surface area contributed by atoms with Crippen LogP contribution in [-0.2, 0) is 5.41 Å². The van der Waals surface area contributed by atoms with E-state index in [1.807, 2.05) is 0 Å². The van der Waals surface area contributed by atoms with Crippen LogP contribution in [0.2, 0.25) is 0 Å². The lowest BCUT2D eigenvalue weighted by molar-refractivity contribution is 0.592. The van der Waals surface area contributed by atoms with Crippen molar-refractivity contribution in [1.29, 1.82) is 0 Å². The van der Waals surface area contributed by atoms with Gasteiger partial charge >= 0.3 is 0 Å². The first-order chi connectivity index (χ1) is 13.8. The van der Waals surface area contributed by atoms with Gasteiger partial charge in [0.1, 0.15) is 0 Å². The van der Waals surface area contributed by atoms with E-state index in [1.165, 1.54) is 64.6 Å². The SMILES string of the molecule is Cc1cc(Br)c2ccc3c(C)cc(-c4ccccc4C(C)(C)C)c4ccc1c2c34. The van der Waals surface area contributed by atoms with Crippen molar-refractivity contribution >= 4 is 48.2 Å². The Balaban J connectivity index is 2.01. The molecule has 29 heavy (non-hydrogen) atoms. The molecule has 0 fully saturated rings. The minimum absolute atomic E-state index is 0.0914. The number of hydrogen-bond donors (Lipinski definition) is 0. The van der Waals surface area contributed by atoms with E-state index in [0.29, 0.717) is 0 Å². The molecule has 0 N–H and O–H groups in total. The highest BCUT2D eigenvalue weighted by atomic mass is 79.9. The molecular formula is C28H25Br. The van der Waals surface area contributed by atoms with E-state index >= 15 is 0 Å². The zero-order valence-electron chi connectivity index (χ0n) is 17.7. The highest BCUT2D eigenvalue weighted by Gasteiger charge is 2.21. The first kappa shape index (κ1) is 18.6. The zero-order valence-corrected chi connectivity index (χ0v) is 19.2. The quantitative estimate of drug-likeness (QED) is 0.228. The van der Waals surface area contributed by atoms with E-state index in [-0.39, 0.29) is 5.41 Å². The predicted octanol–water partition coefficient (Wildman–Crippen LogP) is 8.93. The van der Waals surface area contributed by atoms with Crippen LogP contribution >= 0.6 is 15.9 Å². The van der Waals surface area contributed by atoms with Crippen molar-refractivity contribution < 1.29 is 0 Å². The lowest BCUT2D eigenvalue weighted by Gasteiger charge is -2.25. The van der Waals surface area contributed by atoms with Gasteiger partial charge in [-0.15, -0.1) is 0 Å². The number of hydrogen-bond acceptors (Lipinski definition) is 0. The van der Waals surface area contributed by atoms with Gasteiger partial charge in [0.25, 0.3) is 0 Å². The molecule has 0 aliphatic heterocycles. The summed E-state index contributed by atoms with van der Waals surface area (Å²) in [6.07, 6.45) is 0. The smallest absolute Gasteiger partial charge is 0.0257 e. The largest absolute Gasteiger partial charge is 0.0619 e. The molecule has 0 atom stereocenters. The van der Waals surface area contributed by atoms with Crippen LogP contribution in [0.3, 0.4) is 0 Å². The van der Waals surface area contributed by atoms with Gasteiger partial charge in [0, 0.05) is 4.47 Å². The number of benzene rings is 5. The van der Waals surface area contributed by atoms with Crippen molar-refractivity contribution in [3.63, 3.8) is 0 Å². The van der Waals surface area contributed by atoms with Gasteiger partial charge in [0.05, 0.1) is 0 Å². The van der Waals surface area contributed by atoms with Crippen molar-refractivity contribution in [2.24, 2.45) is 0 Å². The highest BCUT2D eigenvalue weighted by molar-refractivity contribution is 9.10. The average molecular weight is 441 g/mol. The molecule has 0 heterocycles. The number of aryl methyl sites for hydroxylation is 2. The molecule has 0 unspecified atom stereocenters. The van der Waals surface area contributed by atoms with Crippen LogP contribution in [0.1, 0.15) is 37.5 Å². The van der Waals surface area contributed by atoms with Crippen LogP contribution in [-0.4, -0.2) is 0 Å². The van der Waals surface area contributed by atoms with Gasteiger partial charge in [-0.25, -0.2) is 0 Å². The lowest BCUT2D eigenvalue weighted by Crippen LogP contribution is -2.12. The van der Waals surface area contributed by atoms with Crippen molar-refractivity contribution in [2.75, 3.05) is 0 Å². The summed E-state index contributed by atoms with van der Waals surface area (Å²) in [5, 5.41) is 8.12. The Bertz CT molecular complexity index is 1380. The second kappa shape index (κ2) is 6.31. The maximum atomic E-state index is 3.81. The summed E-state index contributed by atoms with van der Waals surface area (Å²) < 4.78 is 1.18. The van der Waals surface area contributed by atoms with E-state index in [0.717, 1.165) is 0 Å². The summed E-state index contributed by atoms with van der Waals surface area (Å²) in [5.41, 5.74) is 6.82. The van der Waals surface area contributed by atoms with Crippen LogP contribution in [0.4, 0.5) is 0 Å². The molecule has 5 aromatic carbocycles. The van der Waals surface area contributed by atoms with Gasteiger partial charge in [0.2, 0.25) is 0 Å². The summed E-state index contributed by atoms with van der Waals surface area (Å²) in [7, 11) is 0. The van der Waals surface area contributed by atoms with E-state index in [2.05, 4.69) is 111 Å². The van der Waals surface area contributed by atoms with Gasteiger partial charge in [-0.1, -0.05) is 91.3 Å². The Morgan fingerprint density at radius 2 is 1.17 bits per heavy atom. The van der Waals surface area contributed by atoms with Crippen LogP contribution in [0, 0.1) is 13.8 Å². The van der Waals surface area contributed by atoms with Crippen molar-refractivity contribution in [3.8, 4) is 11.1 Å². The molecule has 0 amide bonds. The molecule has 1 heteroatoms. The molecule has 5 aromatic rings. The zero-order chi connectivity index (χ0) is 20.5. The topological polar surface area (TPSA) is 0 Å². The van der Waals surface area contributed by atoms with Crippen molar-refractivity contribution in [3.05, 3.63) is 81.8 Å². The fraction of sp³-hybridized carbons (Fsp3) is 0.214. The molecule has 0 saturated heterocycles. The number of halogens is 1. The molecule has 0 spiro atoms. The van der Waals surface area contributed by atoms with Gasteiger partial charge < -0.3 is 0 Å². The average Bonchev–Trinajstić information content (AvgIpc) is 2.68. The summed E-state index contributed by atoms with van der Waals surface area (Å²) >= 11 is 3.81. The van der Waals surface area contributed by atoms with Crippen LogP contribution in [0.5, 0.6) is 0 Å². The van der Waals surface area contributed by atoms with E-state index in [4.69, 9.17) is 0 Å². The molecular weight excluding hydrogens is 416 g/mol. The molecule has 5 rings (SSSR count). The normalized spacial score (nSPS) is 12.5. The lowest BCUT2D eigenvalue weighted by atomic mass is 9.79. The number of rotatable bonds is 1. The Morgan fingerprint density at radius 1 is 0.621 bits per heavy atom. The molecule has 0 bridgehead atoms. The van der Waals surface area contributed by atoms with Crippen LogP contribution < -0.4 is 0 Å². The first-order valence-electron chi connectivity index (χ1n) is 10.2. The summed E-state index contributed by atoms with van der Waals surface area (Å²) in [4.78, 5) is 0. The third-order valence-electron chi connectivity index (χ3n) is 6.29. The van der Waals surface area contributed by atoms with Gasteiger partial charge in [-0.05, 0) is 85.5 Å². The molecule has 0 aliphatic carbocycles. The maximum absolute atomic E-state index is 3.81. The first-order valence-corrected chi connectivity index (χ1v) is 11.0. The van der Waals surface area contributed by atoms with E-state index < -0.39 is 0 Å². The maximum Gasteiger partial charge on any atom is 0.0257 e. The molecule has 144 valence electrons. The van der Waals surface area contributed by atoms with Gasteiger partial charge in [0.15, 0.2) is 0 Å². The summed E-state index contributed by atoms with van der Waals surface area (Å²) in [5.74, 6) is 0. The minimum Gasteiger partial charge on any atom is -0.0619 e. The second-order valence-electron chi connectivity index (χ2n) is 9.28. The summed E-state index contributed by atoms with van der Waals surface area (Å²) in [6, 6.07) is 22.7. The van der Waals surface area contributed by atoms with Gasteiger partial charge in [-0.2, -0.15) is 0 Å². The second-order valence-corrected chi connectivity index (χ2v) is 10.1. The minimum atomic E-state index is 0.0914. The third kappa shape index (κ3) is 2.71. The Kier molecular flexibility index (Phi) is 4.05. The molecule has 0 nitrogen and oxygen atoms in total. The molecule has 0 radical (unpaired) electrons. The summed E-state index contributed by atoms with van der Waals surface area (Å²) in [6.45, 7) is 11.4. The molecule has 0 saturated carbocycles. The molecule has 0 aliphatic rings. The Labute approximate surface area is 181 Å². The predicted molar refractivity (Wildman–Crippen MR) is 131 cm³/mol. The Hall–Kier alpha value is -2.38. The molecule has 0 aromatic heterocycles. The monoisotopic (exact) mass is 440 g/mol. The standard InChI is InChI=1S/C28H25Br/c1-16-14-23(20-8-6-7-9-24(20)28(3,4)5)21-12-10-19-17(2)15-25(29)22-13-11-18(16)26(21)27(19)22/h6-15H,1-5H3. The Morgan fingerprint density at radius 3 is 1.86 bits per heavy atom. The third-order valence-corrected chi connectivity index (χ3v) is 6.94. The van der Waals surface area contributed by atoms with Gasteiger partial charge in [-0.3, -0.25) is 0 Å².